The van der Waals surface area contributed by atoms with Crippen LogP contribution in [0.25, 0.3) is 5.69 Å². The summed E-state index contributed by atoms with van der Waals surface area (Å²) in [5.74, 6) is 0.0662. The van der Waals surface area contributed by atoms with Crippen molar-refractivity contribution in [3.05, 3.63) is 78.6 Å². The molecule has 1 aromatic carbocycles. The van der Waals surface area contributed by atoms with E-state index in [0.717, 1.165) is 29.8 Å². The van der Waals surface area contributed by atoms with Crippen LogP contribution in [0, 0.1) is 0 Å². The number of hydrogen-bond donors (Lipinski definition) is 1. The van der Waals surface area contributed by atoms with E-state index in [2.05, 4.69) is 21.4 Å². The Kier molecular flexibility index (Phi) is 5.57. The second-order valence-electron chi connectivity index (χ2n) is 6.03. The molecule has 3 rings (SSSR count). The van der Waals surface area contributed by atoms with E-state index in [1.54, 1.807) is 18.7 Å². The van der Waals surface area contributed by atoms with Gasteiger partial charge in [-0.1, -0.05) is 18.2 Å². The number of hydrogen-bond acceptors (Lipinski definition) is 3. The first-order valence-corrected chi connectivity index (χ1v) is 8.50. The number of benzene rings is 1. The molecule has 0 radical (unpaired) electrons. The summed E-state index contributed by atoms with van der Waals surface area (Å²) in [5.41, 5.74) is 3.13. The molecule has 0 aliphatic carbocycles. The maximum absolute atomic E-state index is 12.2. The molecule has 0 saturated heterocycles. The first-order chi connectivity index (χ1) is 12.2. The minimum atomic E-state index is -0.0363. The summed E-state index contributed by atoms with van der Waals surface area (Å²) in [4.78, 5) is 20.5. The van der Waals surface area contributed by atoms with Gasteiger partial charge in [0.1, 0.15) is 0 Å². The molecule has 5 heteroatoms. The van der Waals surface area contributed by atoms with Crippen LogP contribution >= 0.6 is 0 Å². The smallest absolute Gasteiger partial charge is 0.220 e. The fourth-order valence-corrected chi connectivity index (χ4v) is 2.74. The highest BCUT2D eigenvalue weighted by Crippen LogP contribution is 2.17. The van der Waals surface area contributed by atoms with Crippen LogP contribution in [0.5, 0.6) is 0 Å². The molecule has 1 N–H and O–H groups in total. The van der Waals surface area contributed by atoms with Crippen molar-refractivity contribution in [3.8, 4) is 5.69 Å². The van der Waals surface area contributed by atoms with Crippen molar-refractivity contribution in [3.63, 3.8) is 0 Å². The summed E-state index contributed by atoms with van der Waals surface area (Å²) in [6, 6.07) is 13.9. The SMILES string of the molecule is C[C@@H](NC(=O)CCCc1ccccn1)c1cccc(-n2ccnc2)c1. The Morgan fingerprint density at radius 3 is 2.88 bits per heavy atom. The van der Waals surface area contributed by atoms with Gasteiger partial charge in [0.25, 0.3) is 0 Å². The van der Waals surface area contributed by atoms with Gasteiger partial charge in [-0.3, -0.25) is 9.78 Å². The zero-order chi connectivity index (χ0) is 17.5. The summed E-state index contributed by atoms with van der Waals surface area (Å²) in [6.45, 7) is 2.00. The van der Waals surface area contributed by atoms with Crippen molar-refractivity contribution < 1.29 is 4.79 Å². The molecule has 0 bridgehead atoms. The number of nitrogens with one attached hydrogen (secondary N) is 1. The molecule has 3 aromatic rings. The second kappa shape index (κ2) is 8.24. The topological polar surface area (TPSA) is 59.8 Å². The van der Waals surface area contributed by atoms with Gasteiger partial charge in [0, 0.05) is 36.4 Å². The average Bonchev–Trinajstić information content (AvgIpc) is 3.17. The highest BCUT2D eigenvalue weighted by molar-refractivity contribution is 5.76. The summed E-state index contributed by atoms with van der Waals surface area (Å²) in [6.07, 6.45) is 9.32. The van der Waals surface area contributed by atoms with Crippen molar-refractivity contribution in [1.82, 2.24) is 19.9 Å². The van der Waals surface area contributed by atoms with E-state index in [1.165, 1.54) is 0 Å². The Balaban J connectivity index is 1.52. The number of rotatable bonds is 7. The van der Waals surface area contributed by atoms with E-state index in [-0.39, 0.29) is 11.9 Å². The summed E-state index contributed by atoms with van der Waals surface area (Å²) in [5, 5.41) is 3.07. The molecular weight excluding hydrogens is 312 g/mol. The molecule has 0 aliphatic heterocycles. The third-order valence-corrected chi connectivity index (χ3v) is 4.11. The maximum atomic E-state index is 12.2. The molecule has 0 unspecified atom stereocenters. The molecule has 0 fully saturated rings. The fraction of sp³-hybridized carbons (Fsp3) is 0.250. The summed E-state index contributed by atoms with van der Waals surface area (Å²) in [7, 11) is 0. The lowest BCUT2D eigenvalue weighted by Crippen LogP contribution is -2.26. The first-order valence-electron chi connectivity index (χ1n) is 8.50. The molecule has 1 atom stereocenters. The van der Waals surface area contributed by atoms with Gasteiger partial charge in [-0.05, 0) is 49.6 Å². The van der Waals surface area contributed by atoms with Crippen LogP contribution in [0.1, 0.15) is 37.1 Å². The third-order valence-electron chi connectivity index (χ3n) is 4.11. The second-order valence-corrected chi connectivity index (χ2v) is 6.03. The summed E-state index contributed by atoms with van der Waals surface area (Å²) >= 11 is 0. The largest absolute Gasteiger partial charge is 0.350 e. The third kappa shape index (κ3) is 4.76. The normalized spacial score (nSPS) is 11.9. The molecule has 5 nitrogen and oxygen atoms in total. The lowest BCUT2D eigenvalue weighted by molar-refractivity contribution is -0.121. The molecule has 0 spiro atoms. The maximum Gasteiger partial charge on any atom is 0.220 e. The van der Waals surface area contributed by atoms with Crippen LogP contribution in [-0.2, 0) is 11.2 Å². The van der Waals surface area contributed by atoms with Crippen LogP contribution in [0.3, 0.4) is 0 Å². The quantitative estimate of drug-likeness (QED) is 0.720. The molecule has 0 saturated carbocycles. The van der Waals surface area contributed by atoms with Gasteiger partial charge in [-0.25, -0.2) is 4.98 Å². The molecule has 128 valence electrons. The van der Waals surface area contributed by atoms with Gasteiger partial charge < -0.3 is 9.88 Å². The minimum Gasteiger partial charge on any atom is -0.350 e. The van der Waals surface area contributed by atoms with Crippen molar-refractivity contribution in [2.24, 2.45) is 0 Å². The number of carbonyl (C=O) groups excluding carboxylic acids is 1. The molecule has 25 heavy (non-hydrogen) atoms. The van der Waals surface area contributed by atoms with E-state index < -0.39 is 0 Å². The fourth-order valence-electron chi connectivity index (χ4n) is 2.74. The van der Waals surface area contributed by atoms with Crippen molar-refractivity contribution >= 4 is 5.91 Å². The molecule has 0 aliphatic rings. The van der Waals surface area contributed by atoms with Gasteiger partial charge in [-0.2, -0.15) is 0 Å². The number of aromatic nitrogens is 3. The highest BCUT2D eigenvalue weighted by atomic mass is 16.1. The predicted molar refractivity (Wildman–Crippen MR) is 97.3 cm³/mol. The van der Waals surface area contributed by atoms with Crippen LogP contribution < -0.4 is 5.32 Å². The highest BCUT2D eigenvalue weighted by Gasteiger charge is 2.10. The van der Waals surface area contributed by atoms with E-state index in [0.29, 0.717) is 6.42 Å². The minimum absolute atomic E-state index is 0.0363. The van der Waals surface area contributed by atoms with Crippen molar-refractivity contribution in [2.45, 2.75) is 32.2 Å². The van der Waals surface area contributed by atoms with Crippen LogP contribution in [0.4, 0.5) is 0 Å². The van der Waals surface area contributed by atoms with Crippen LogP contribution in [-0.4, -0.2) is 20.4 Å². The number of pyridine rings is 1. The lowest BCUT2D eigenvalue weighted by Gasteiger charge is -2.15. The van der Waals surface area contributed by atoms with E-state index in [1.807, 2.05) is 54.1 Å². The zero-order valence-corrected chi connectivity index (χ0v) is 14.3. The number of imidazole rings is 1. The van der Waals surface area contributed by atoms with E-state index in [4.69, 9.17) is 0 Å². The number of aryl methyl sites for hydroxylation is 1. The number of carbonyl (C=O) groups is 1. The Morgan fingerprint density at radius 1 is 1.20 bits per heavy atom. The lowest BCUT2D eigenvalue weighted by atomic mass is 10.1. The van der Waals surface area contributed by atoms with Gasteiger partial charge >= 0.3 is 0 Å². The standard InChI is InChI=1S/C20H22N4O/c1-16(17-6-4-9-19(14-17)24-13-12-21-15-24)23-20(25)10-5-8-18-7-2-3-11-22-18/h2-4,6-7,9,11-16H,5,8,10H2,1H3,(H,23,25)/t16-/m1/s1. The monoisotopic (exact) mass is 334 g/mol. The van der Waals surface area contributed by atoms with Gasteiger partial charge in [0.15, 0.2) is 0 Å². The van der Waals surface area contributed by atoms with Crippen molar-refractivity contribution in [2.75, 3.05) is 0 Å². The van der Waals surface area contributed by atoms with Crippen LogP contribution in [0.2, 0.25) is 0 Å². The predicted octanol–water partition coefficient (Wildman–Crippen LogP) is 3.47. The Labute approximate surface area is 147 Å². The van der Waals surface area contributed by atoms with Crippen molar-refractivity contribution in [1.29, 1.82) is 0 Å². The molecule has 2 heterocycles. The Hall–Kier alpha value is -2.95. The molecule has 1 amide bonds. The Bertz CT molecular complexity index is 800. The zero-order valence-electron chi connectivity index (χ0n) is 14.3. The number of amides is 1. The van der Waals surface area contributed by atoms with Gasteiger partial charge in [0.05, 0.1) is 12.4 Å². The van der Waals surface area contributed by atoms with Crippen LogP contribution in [0.15, 0.2) is 67.4 Å². The van der Waals surface area contributed by atoms with E-state index in [9.17, 15) is 4.79 Å². The Morgan fingerprint density at radius 2 is 2.12 bits per heavy atom. The van der Waals surface area contributed by atoms with Gasteiger partial charge in [0.2, 0.25) is 5.91 Å². The molecule has 2 aromatic heterocycles. The van der Waals surface area contributed by atoms with E-state index >= 15 is 0 Å². The average molecular weight is 334 g/mol. The first kappa shape index (κ1) is 16.9. The summed E-state index contributed by atoms with van der Waals surface area (Å²) < 4.78 is 1.95. The number of nitrogens with zero attached hydrogens (tertiary/aromatic N) is 3. The molecular formula is C20H22N4O. The van der Waals surface area contributed by atoms with Gasteiger partial charge in [-0.15, -0.1) is 0 Å².